The Labute approximate surface area is 140 Å². The summed E-state index contributed by atoms with van der Waals surface area (Å²) >= 11 is 0. The van der Waals surface area contributed by atoms with Gasteiger partial charge in [-0.15, -0.1) is 0 Å². The van der Waals surface area contributed by atoms with Gasteiger partial charge >= 0.3 is 0 Å². The highest BCUT2D eigenvalue weighted by molar-refractivity contribution is 5.49. The molecule has 0 aromatic carbocycles. The summed E-state index contributed by atoms with van der Waals surface area (Å²) in [6.07, 6.45) is 9.63. The van der Waals surface area contributed by atoms with Gasteiger partial charge in [0.25, 0.3) is 0 Å². The molecule has 0 aromatic rings. The van der Waals surface area contributed by atoms with Crippen molar-refractivity contribution < 1.29 is 9.90 Å². The summed E-state index contributed by atoms with van der Waals surface area (Å²) in [4.78, 5) is 11.7. The fourth-order valence-corrected chi connectivity index (χ4v) is 5.19. The van der Waals surface area contributed by atoms with Gasteiger partial charge < -0.3 is 10.0 Å². The van der Waals surface area contributed by atoms with Crippen molar-refractivity contribution in [1.82, 2.24) is 4.90 Å². The topological polar surface area (TPSA) is 64.3 Å². The number of nitrogens with zero attached hydrogens (tertiary/aromatic N) is 2. The Hall–Kier alpha value is -1.08. The molecule has 2 saturated carbocycles. The summed E-state index contributed by atoms with van der Waals surface area (Å²) in [5.41, 5.74) is 0.100. The third-order valence-electron chi connectivity index (χ3n) is 6.10. The SMILES string of the molecule is CCC1(C)CC2CC(C)C[C@@](O)(C2)C1.N#CC1CCCN1C=O. The van der Waals surface area contributed by atoms with Crippen LogP contribution in [0.25, 0.3) is 0 Å². The van der Waals surface area contributed by atoms with Gasteiger partial charge in [0.1, 0.15) is 6.04 Å². The molecule has 5 atom stereocenters. The van der Waals surface area contributed by atoms with Crippen LogP contribution in [0.1, 0.15) is 72.1 Å². The van der Waals surface area contributed by atoms with Gasteiger partial charge in [-0.3, -0.25) is 4.79 Å². The van der Waals surface area contributed by atoms with Crippen molar-refractivity contribution in [2.75, 3.05) is 6.54 Å². The van der Waals surface area contributed by atoms with Crippen molar-refractivity contribution in [3.05, 3.63) is 0 Å². The summed E-state index contributed by atoms with van der Waals surface area (Å²) in [7, 11) is 0. The maximum absolute atomic E-state index is 10.5. The molecule has 1 heterocycles. The lowest BCUT2D eigenvalue weighted by Gasteiger charge is -2.51. The van der Waals surface area contributed by atoms with Gasteiger partial charge in [0.15, 0.2) is 0 Å². The van der Waals surface area contributed by atoms with Crippen LogP contribution in [0.5, 0.6) is 0 Å². The predicted octanol–water partition coefficient (Wildman–Crippen LogP) is 3.49. The average Bonchev–Trinajstić information content (AvgIpc) is 2.92. The molecule has 3 rings (SSSR count). The molecule has 1 aliphatic heterocycles. The van der Waals surface area contributed by atoms with Crippen LogP contribution >= 0.6 is 0 Å². The molecule has 0 aromatic heterocycles. The van der Waals surface area contributed by atoms with Crippen molar-refractivity contribution in [3.63, 3.8) is 0 Å². The molecule has 4 heteroatoms. The number of hydrogen-bond acceptors (Lipinski definition) is 3. The number of nitriles is 1. The summed E-state index contributed by atoms with van der Waals surface area (Å²) < 4.78 is 0. The highest BCUT2D eigenvalue weighted by Crippen LogP contribution is 2.53. The minimum Gasteiger partial charge on any atom is -0.390 e. The third-order valence-corrected chi connectivity index (χ3v) is 6.10. The number of fused-ring (bicyclic) bond motifs is 2. The first kappa shape index (κ1) is 18.3. The lowest BCUT2D eigenvalue weighted by atomic mass is 9.57. The van der Waals surface area contributed by atoms with Crippen LogP contribution in [0.3, 0.4) is 0 Å². The molecule has 3 aliphatic rings. The second-order valence-electron chi connectivity index (χ2n) is 8.51. The van der Waals surface area contributed by atoms with Crippen LogP contribution in [0, 0.1) is 28.6 Å². The van der Waals surface area contributed by atoms with E-state index in [2.05, 4.69) is 26.8 Å². The van der Waals surface area contributed by atoms with E-state index in [0.29, 0.717) is 5.41 Å². The first-order valence-electron chi connectivity index (χ1n) is 9.16. The molecule has 23 heavy (non-hydrogen) atoms. The first-order chi connectivity index (χ1) is 10.8. The molecule has 1 saturated heterocycles. The van der Waals surface area contributed by atoms with E-state index in [9.17, 15) is 9.90 Å². The molecule has 1 N–H and O–H groups in total. The normalized spacial score (nSPS) is 42.4. The molecule has 2 bridgehead atoms. The van der Waals surface area contributed by atoms with Gasteiger partial charge in [-0.05, 0) is 62.2 Å². The molecule has 0 radical (unpaired) electrons. The van der Waals surface area contributed by atoms with Crippen molar-refractivity contribution in [2.45, 2.75) is 83.8 Å². The van der Waals surface area contributed by atoms with E-state index in [-0.39, 0.29) is 11.6 Å². The summed E-state index contributed by atoms with van der Waals surface area (Å²) in [5.74, 6) is 1.53. The van der Waals surface area contributed by atoms with Gasteiger partial charge in [0.05, 0.1) is 11.7 Å². The minimum absolute atomic E-state index is 0.150. The fraction of sp³-hybridized carbons (Fsp3) is 0.895. The zero-order valence-corrected chi connectivity index (χ0v) is 14.9. The lowest BCUT2D eigenvalue weighted by molar-refractivity contribution is -0.118. The number of hydrogen-bond donors (Lipinski definition) is 1. The highest BCUT2D eigenvalue weighted by Gasteiger charge is 2.47. The Morgan fingerprint density at radius 1 is 1.39 bits per heavy atom. The standard InChI is InChI=1S/C13H24O.C6H8N2O/c1-4-12(3)7-11-5-10(2)6-13(14,8-11)9-12;7-4-6-2-1-3-8(6)5-9/h10-11,14H,4-9H2,1-3H3;5-6H,1-3H2/t10?,11?,12?,13-;/m1./s1. The van der Waals surface area contributed by atoms with Crippen molar-refractivity contribution in [3.8, 4) is 6.07 Å². The van der Waals surface area contributed by atoms with Crippen molar-refractivity contribution in [1.29, 1.82) is 5.26 Å². The zero-order chi connectivity index (χ0) is 17.1. The molecule has 4 unspecified atom stereocenters. The molecule has 130 valence electrons. The van der Waals surface area contributed by atoms with E-state index in [1.165, 1.54) is 19.3 Å². The van der Waals surface area contributed by atoms with Crippen LogP contribution in [-0.4, -0.2) is 34.6 Å². The summed E-state index contributed by atoms with van der Waals surface area (Å²) in [6.45, 7) is 7.68. The van der Waals surface area contributed by atoms with Crippen LogP contribution in [0.2, 0.25) is 0 Å². The fourth-order valence-electron chi connectivity index (χ4n) is 5.19. The Morgan fingerprint density at radius 3 is 2.65 bits per heavy atom. The van der Waals surface area contributed by atoms with Crippen LogP contribution in [-0.2, 0) is 4.79 Å². The van der Waals surface area contributed by atoms with Crippen LogP contribution in [0.15, 0.2) is 0 Å². The summed E-state index contributed by atoms with van der Waals surface area (Å²) in [6, 6.07) is 1.91. The van der Waals surface area contributed by atoms with E-state index in [1.807, 2.05) is 0 Å². The average molecular weight is 320 g/mol. The largest absolute Gasteiger partial charge is 0.390 e. The van der Waals surface area contributed by atoms with Crippen LogP contribution < -0.4 is 0 Å². The molecule has 2 aliphatic carbocycles. The van der Waals surface area contributed by atoms with Gasteiger partial charge in [-0.2, -0.15) is 5.26 Å². The number of carbonyl (C=O) groups excluding carboxylic acids is 1. The number of carbonyl (C=O) groups is 1. The zero-order valence-electron chi connectivity index (χ0n) is 14.9. The van der Waals surface area contributed by atoms with Gasteiger partial charge in [-0.25, -0.2) is 0 Å². The Kier molecular flexibility index (Phi) is 5.73. The van der Waals surface area contributed by atoms with E-state index < -0.39 is 0 Å². The van der Waals surface area contributed by atoms with Gasteiger partial charge in [0, 0.05) is 6.54 Å². The molecule has 1 amide bonds. The lowest BCUT2D eigenvalue weighted by Crippen LogP contribution is -2.48. The quantitative estimate of drug-likeness (QED) is 0.792. The van der Waals surface area contributed by atoms with Crippen LogP contribution in [0.4, 0.5) is 0 Å². The molecule has 3 fully saturated rings. The summed E-state index contributed by atoms with van der Waals surface area (Å²) in [5, 5.41) is 19.0. The van der Waals surface area contributed by atoms with Gasteiger partial charge in [-0.1, -0.05) is 27.2 Å². The molecular weight excluding hydrogens is 288 g/mol. The minimum atomic E-state index is -0.314. The van der Waals surface area contributed by atoms with Gasteiger partial charge in [0.2, 0.25) is 6.41 Å². The third kappa shape index (κ3) is 4.47. The second kappa shape index (κ2) is 7.21. The van der Waals surface area contributed by atoms with E-state index in [0.717, 1.165) is 56.9 Å². The van der Waals surface area contributed by atoms with Crippen molar-refractivity contribution in [2.24, 2.45) is 17.3 Å². The smallest absolute Gasteiger partial charge is 0.210 e. The Bertz CT molecular complexity index is 457. The Morgan fingerprint density at radius 2 is 2.13 bits per heavy atom. The van der Waals surface area contributed by atoms with Crippen molar-refractivity contribution >= 4 is 6.41 Å². The maximum Gasteiger partial charge on any atom is 0.210 e. The Balaban J connectivity index is 0.000000185. The number of amides is 1. The molecule has 4 nitrogen and oxygen atoms in total. The second-order valence-corrected chi connectivity index (χ2v) is 8.51. The molecule has 0 spiro atoms. The van der Waals surface area contributed by atoms with E-state index >= 15 is 0 Å². The van der Waals surface area contributed by atoms with E-state index in [1.54, 1.807) is 4.90 Å². The number of likely N-dealkylation sites (tertiary alicyclic amines) is 1. The highest BCUT2D eigenvalue weighted by atomic mass is 16.3. The number of aliphatic hydroxyl groups is 1. The predicted molar refractivity (Wildman–Crippen MR) is 90.5 cm³/mol. The maximum atomic E-state index is 10.5. The monoisotopic (exact) mass is 320 g/mol. The first-order valence-corrected chi connectivity index (χ1v) is 9.16. The van der Waals surface area contributed by atoms with E-state index in [4.69, 9.17) is 5.26 Å². The molecular formula is C19H32N2O2. The number of rotatable bonds is 2.